The molecule has 0 amide bonds. The number of nitrogens with zero attached hydrogens (tertiary/aromatic N) is 1. The molecule has 0 saturated heterocycles. The quantitative estimate of drug-likeness (QED) is 0.444. The van der Waals surface area contributed by atoms with Crippen LogP contribution in [0.25, 0.3) is 0 Å². The maximum atomic E-state index is 11.0. The zero-order valence-electron chi connectivity index (χ0n) is 11.5. The highest BCUT2D eigenvalue weighted by atomic mass is 16.6. The van der Waals surface area contributed by atoms with Crippen LogP contribution in [0, 0.1) is 10.1 Å². The van der Waals surface area contributed by atoms with Crippen LogP contribution in [0.5, 0.6) is 5.75 Å². The number of ether oxygens (including phenoxy) is 2. The van der Waals surface area contributed by atoms with E-state index in [4.69, 9.17) is 9.47 Å². The first kappa shape index (κ1) is 15.4. The summed E-state index contributed by atoms with van der Waals surface area (Å²) < 4.78 is 10.3. The number of nitro benzene ring substituents is 1. The molecule has 0 fully saturated rings. The lowest BCUT2D eigenvalue weighted by Crippen LogP contribution is -2.18. The summed E-state index contributed by atoms with van der Waals surface area (Å²) >= 11 is 0. The van der Waals surface area contributed by atoms with Crippen LogP contribution in [-0.4, -0.2) is 31.3 Å². The van der Waals surface area contributed by atoms with Gasteiger partial charge in [0.15, 0.2) is 5.75 Å². The molecule has 0 bridgehead atoms. The van der Waals surface area contributed by atoms with E-state index in [0.717, 1.165) is 5.56 Å². The second kappa shape index (κ2) is 7.70. The van der Waals surface area contributed by atoms with E-state index in [1.807, 2.05) is 19.9 Å². The molecule has 1 aromatic carbocycles. The topological polar surface area (TPSA) is 73.6 Å². The van der Waals surface area contributed by atoms with E-state index < -0.39 is 4.92 Å². The Hall–Kier alpha value is -1.66. The van der Waals surface area contributed by atoms with Crippen LogP contribution in [-0.2, 0) is 11.3 Å². The Morgan fingerprint density at radius 1 is 1.42 bits per heavy atom. The minimum atomic E-state index is -0.420. The van der Waals surface area contributed by atoms with Gasteiger partial charge in [0, 0.05) is 26.3 Å². The number of nitrogens with one attached hydrogen (secondary N) is 1. The highest BCUT2D eigenvalue weighted by Gasteiger charge is 2.16. The van der Waals surface area contributed by atoms with Crippen molar-refractivity contribution in [3.05, 3.63) is 33.9 Å². The highest BCUT2D eigenvalue weighted by molar-refractivity contribution is 5.48. The van der Waals surface area contributed by atoms with Gasteiger partial charge in [0.25, 0.3) is 0 Å². The van der Waals surface area contributed by atoms with Gasteiger partial charge in [-0.25, -0.2) is 0 Å². The Morgan fingerprint density at radius 3 is 2.74 bits per heavy atom. The minimum Gasteiger partial charge on any atom is -0.484 e. The fraction of sp³-hybridized carbons (Fsp3) is 0.538. The van der Waals surface area contributed by atoms with Crippen molar-refractivity contribution in [3.63, 3.8) is 0 Å². The molecule has 1 aromatic rings. The zero-order valence-corrected chi connectivity index (χ0v) is 11.5. The van der Waals surface area contributed by atoms with Crippen molar-refractivity contribution in [1.82, 2.24) is 5.32 Å². The number of hydrogen-bond acceptors (Lipinski definition) is 5. The third-order valence-corrected chi connectivity index (χ3v) is 2.39. The van der Waals surface area contributed by atoms with Crippen LogP contribution in [0.15, 0.2) is 18.2 Å². The Kier molecular flexibility index (Phi) is 6.24. The van der Waals surface area contributed by atoms with Crippen molar-refractivity contribution in [2.24, 2.45) is 0 Å². The Labute approximate surface area is 112 Å². The van der Waals surface area contributed by atoms with Crippen molar-refractivity contribution in [3.8, 4) is 5.75 Å². The summed E-state index contributed by atoms with van der Waals surface area (Å²) in [4.78, 5) is 10.6. The van der Waals surface area contributed by atoms with Crippen LogP contribution in [0.1, 0.15) is 19.4 Å². The van der Waals surface area contributed by atoms with Gasteiger partial charge in [-0.2, -0.15) is 0 Å². The van der Waals surface area contributed by atoms with Gasteiger partial charge in [0.2, 0.25) is 0 Å². The fourth-order valence-corrected chi connectivity index (χ4v) is 1.58. The van der Waals surface area contributed by atoms with E-state index >= 15 is 0 Å². The maximum Gasteiger partial charge on any atom is 0.311 e. The van der Waals surface area contributed by atoms with Crippen molar-refractivity contribution in [2.75, 3.05) is 20.3 Å². The molecule has 0 aliphatic rings. The largest absolute Gasteiger partial charge is 0.484 e. The minimum absolute atomic E-state index is 0.000239. The third kappa shape index (κ3) is 5.23. The molecule has 6 nitrogen and oxygen atoms in total. The summed E-state index contributed by atoms with van der Waals surface area (Å²) in [6.45, 7) is 5.55. The summed E-state index contributed by atoms with van der Waals surface area (Å²) in [5.74, 6) is 0.306. The van der Waals surface area contributed by atoms with Gasteiger partial charge >= 0.3 is 5.69 Å². The summed E-state index contributed by atoms with van der Waals surface area (Å²) in [5.41, 5.74) is 0.846. The van der Waals surface area contributed by atoms with E-state index in [1.165, 1.54) is 6.07 Å². The average Bonchev–Trinajstić information content (AvgIpc) is 2.35. The fourth-order valence-electron chi connectivity index (χ4n) is 1.58. The SMILES string of the molecule is COCCNCc1ccc(OC(C)C)c([N+](=O)[O-])c1. The lowest BCUT2D eigenvalue weighted by molar-refractivity contribution is -0.386. The van der Waals surface area contributed by atoms with Crippen LogP contribution in [0.3, 0.4) is 0 Å². The van der Waals surface area contributed by atoms with Gasteiger partial charge in [-0.1, -0.05) is 6.07 Å². The average molecular weight is 268 g/mol. The van der Waals surface area contributed by atoms with E-state index in [2.05, 4.69) is 5.32 Å². The van der Waals surface area contributed by atoms with E-state index in [1.54, 1.807) is 13.2 Å². The second-order valence-corrected chi connectivity index (χ2v) is 4.40. The molecule has 0 atom stereocenters. The lowest BCUT2D eigenvalue weighted by Gasteiger charge is -2.11. The molecule has 0 radical (unpaired) electrons. The monoisotopic (exact) mass is 268 g/mol. The van der Waals surface area contributed by atoms with Gasteiger partial charge in [-0.05, 0) is 25.5 Å². The Bertz CT molecular complexity index is 421. The summed E-state index contributed by atoms with van der Waals surface area (Å²) in [5, 5.41) is 14.2. The molecule has 0 saturated carbocycles. The first-order chi connectivity index (χ1) is 9.04. The Morgan fingerprint density at radius 2 is 2.16 bits per heavy atom. The van der Waals surface area contributed by atoms with Crippen LogP contribution in [0.2, 0.25) is 0 Å². The maximum absolute atomic E-state index is 11.0. The van der Waals surface area contributed by atoms with Crippen LogP contribution >= 0.6 is 0 Å². The molecular formula is C13H20N2O4. The molecule has 6 heteroatoms. The summed E-state index contributed by atoms with van der Waals surface area (Å²) in [7, 11) is 1.63. The molecule has 19 heavy (non-hydrogen) atoms. The standard InChI is InChI=1S/C13H20N2O4/c1-10(2)19-13-5-4-11(8-12(13)15(16)17)9-14-6-7-18-3/h4-5,8,10,14H,6-7,9H2,1-3H3. The van der Waals surface area contributed by atoms with Gasteiger partial charge in [0.1, 0.15) is 0 Å². The molecule has 1 N–H and O–H groups in total. The second-order valence-electron chi connectivity index (χ2n) is 4.40. The summed E-state index contributed by atoms with van der Waals surface area (Å²) in [6.07, 6.45) is -0.0932. The molecule has 0 aliphatic carbocycles. The predicted molar refractivity (Wildman–Crippen MR) is 72.4 cm³/mol. The number of hydrogen-bond donors (Lipinski definition) is 1. The molecule has 1 rings (SSSR count). The molecule has 0 aliphatic heterocycles. The molecule has 0 spiro atoms. The molecular weight excluding hydrogens is 248 g/mol. The number of nitro groups is 1. The molecule has 0 unspecified atom stereocenters. The van der Waals surface area contributed by atoms with Crippen molar-refractivity contribution in [1.29, 1.82) is 0 Å². The lowest BCUT2D eigenvalue weighted by atomic mass is 10.2. The summed E-state index contributed by atoms with van der Waals surface area (Å²) in [6, 6.07) is 5.01. The van der Waals surface area contributed by atoms with Crippen molar-refractivity contribution in [2.45, 2.75) is 26.5 Å². The highest BCUT2D eigenvalue weighted by Crippen LogP contribution is 2.28. The van der Waals surface area contributed by atoms with Gasteiger partial charge in [0.05, 0.1) is 17.6 Å². The zero-order chi connectivity index (χ0) is 14.3. The van der Waals surface area contributed by atoms with E-state index in [9.17, 15) is 10.1 Å². The van der Waals surface area contributed by atoms with Crippen LogP contribution < -0.4 is 10.1 Å². The van der Waals surface area contributed by atoms with Crippen LogP contribution in [0.4, 0.5) is 5.69 Å². The molecule has 106 valence electrons. The number of benzene rings is 1. The van der Waals surface area contributed by atoms with E-state index in [0.29, 0.717) is 25.4 Å². The number of methoxy groups -OCH3 is 1. The first-order valence-electron chi connectivity index (χ1n) is 6.18. The first-order valence-corrected chi connectivity index (χ1v) is 6.18. The van der Waals surface area contributed by atoms with Crippen molar-refractivity contribution < 1.29 is 14.4 Å². The number of rotatable bonds is 8. The predicted octanol–water partition coefficient (Wildman–Crippen LogP) is 2.12. The van der Waals surface area contributed by atoms with Gasteiger partial charge < -0.3 is 14.8 Å². The van der Waals surface area contributed by atoms with E-state index in [-0.39, 0.29) is 11.8 Å². The Balaban J connectivity index is 2.75. The van der Waals surface area contributed by atoms with Gasteiger partial charge in [-0.3, -0.25) is 10.1 Å². The van der Waals surface area contributed by atoms with Gasteiger partial charge in [-0.15, -0.1) is 0 Å². The molecule has 0 heterocycles. The molecule has 0 aromatic heterocycles. The smallest absolute Gasteiger partial charge is 0.311 e. The normalized spacial score (nSPS) is 10.7. The van der Waals surface area contributed by atoms with Crippen molar-refractivity contribution >= 4 is 5.69 Å². The third-order valence-electron chi connectivity index (χ3n) is 2.39.